The molecule has 0 atom stereocenters. The lowest BCUT2D eigenvalue weighted by molar-refractivity contribution is 0.463. The molecule has 12 heavy (non-hydrogen) atoms. The highest BCUT2D eigenvalue weighted by Gasteiger charge is 2.09. The van der Waals surface area contributed by atoms with Crippen LogP contribution < -0.4 is 0 Å². The molecule has 0 aliphatic carbocycles. The molecule has 0 radical (unpaired) electrons. The monoisotopic (exact) mass is 225 g/mol. The average Bonchev–Trinajstić information content (AvgIpc) is 1.92. The van der Waals surface area contributed by atoms with Crippen LogP contribution in [0.15, 0.2) is 23.1 Å². The van der Waals surface area contributed by atoms with Gasteiger partial charge >= 0.3 is 0 Å². The minimum absolute atomic E-state index is 0.0496. The summed E-state index contributed by atoms with van der Waals surface area (Å²) >= 11 is 11.0. The van der Waals surface area contributed by atoms with E-state index in [1.165, 1.54) is 12.1 Å². The van der Waals surface area contributed by atoms with Gasteiger partial charge in [0.2, 0.25) is 0 Å². The standard InChI is InChI=1S/C6H4Cl2O3S/c7-4-2-1-3-5(6(4)8)12(9,10)11/h1-3H,(H,9,10,11)/p-1. The van der Waals surface area contributed by atoms with E-state index < -0.39 is 15.0 Å². The molecule has 6 heteroatoms. The summed E-state index contributed by atoms with van der Waals surface area (Å²) < 4.78 is 31.5. The van der Waals surface area contributed by atoms with Gasteiger partial charge in [-0.2, -0.15) is 0 Å². The molecular formula is C6H3Cl2O3S-. The predicted molar refractivity (Wildman–Crippen MR) is 44.4 cm³/mol. The first-order valence-electron chi connectivity index (χ1n) is 2.83. The number of halogens is 2. The van der Waals surface area contributed by atoms with Crippen molar-refractivity contribution in [2.45, 2.75) is 4.90 Å². The van der Waals surface area contributed by atoms with Crippen molar-refractivity contribution < 1.29 is 13.0 Å². The highest BCUT2D eigenvalue weighted by Crippen LogP contribution is 2.28. The molecule has 0 saturated heterocycles. The molecule has 0 aliphatic heterocycles. The summed E-state index contributed by atoms with van der Waals surface area (Å²) in [6, 6.07) is 3.86. The van der Waals surface area contributed by atoms with Gasteiger partial charge in [0.1, 0.15) is 10.1 Å². The lowest BCUT2D eigenvalue weighted by Crippen LogP contribution is -1.99. The van der Waals surface area contributed by atoms with Crippen molar-refractivity contribution in [3.63, 3.8) is 0 Å². The van der Waals surface area contributed by atoms with Gasteiger partial charge in [-0.1, -0.05) is 29.3 Å². The van der Waals surface area contributed by atoms with E-state index in [0.717, 1.165) is 6.07 Å². The topological polar surface area (TPSA) is 57.2 Å². The molecule has 0 spiro atoms. The van der Waals surface area contributed by atoms with Crippen LogP contribution in [0.2, 0.25) is 10.0 Å². The summed E-state index contributed by atoms with van der Waals surface area (Å²) in [6.45, 7) is 0. The maximum atomic E-state index is 10.5. The van der Waals surface area contributed by atoms with Crippen LogP contribution >= 0.6 is 23.2 Å². The van der Waals surface area contributed by atoms with Crippen LogP contribution in [-0.4, -0.2) is 13.0 Å². The Kier molecular flexibility index (Phi) is 2.63. The lowest BCUT2D eigenvalue weighted by atomic mass is 10.4. The molecule has 0 saturated carbocycles. The molecule has 66 valence electrons. The largest absolute Gasteiger partial charge is 0.744 e. The van der Waals surface area contributed by atoms with Crippen LogP contribution in [0, 0.1) is 0 Å². The zero-order chi connectivity index (χ0) is 9.35. The smallest absolute Gasteiger partial charge is 0.125 e. The first-order valence-corrected chi connectivity index (χ1v) is 4.99. The quantitative estimate of drug-likeness (QED) is 0.687. The number of hydrogen-bond donors (Lipinski definition) is 0. The Balaban J connectivity index is 3.47. The Morgan fingerprint density at radius 3 is 2.25 bits per heavy atom. The first-order chi connectivity index (χ1) is 5.43. The Labute approximate surface area is 79.7 Å². The van der Waals surface area contributed by atoms with Crippen molar-refractivity contribution in [1.82, 2.24) is 0 Å². The van der Waals surface area contributed by atoms with Crippen LogP contribution in [0.4, 0.5) is 0 Å². The number of rotatable bonds is 1. The van der Waals surface area contributed by atoms with Gasteiger partial charge in [0.05, 0.1) is 14.9 Å². The van der Waals surface area contributed by atoms with Gasteiger partial charge < -0.3 is 4.55 Å². The molecule has 1 aromatic rings. The second-order valence-electron chi connectivity index (χ2n) is 2.01. The van der Waals surface area contributed by atoms with E-state index in [9.17, 15) is 13.0 Å². The van der Waals surface area contributed by atoms with E-state index in [1.54, 1.807) is 0 Å². The van der Waals surface area contributed by atoms with Gasteiger partial charge in [-0.3, -0.25) is 0 Å². The van der Waals surface area contributed by atoms with E-state index in [4.69, 9.17) is 23.2 Å². The summed E-state index contributed by atoms with van der Waals surface area (Å²) in [5.41, 5.74) is 0. The fourth-order valence-electron chi connectivity index (χ4n) is 0.677. The van der Waals surface area contributed by atoms with E-state index in [0.29, 0.717) is 0 Å². The number of benzene rings is 1. The van der Waals surface area contributed by atoms with Gasteiger partial charge in [0.15, 0.2) is 0 Å². The molecular weight excluding hydrogens is 223 g/mol. The molecule has 0 unspecified atom stereocenters. The third-order valence-corrected chi connectivity index (χ3v) is 3.00. The Morgan fingerprint density at radius 2 is 1.83 bits per heavy atom. The first kappa shape index (κ1) is 9.80. The maximum absolute atomic E-state index is 10.5. The fourth-order valence-corrected chi connectivity index (χ4v) is 1.89. The van der Waals surface area contributed by atoms with E-state index >= 15 is 0 Å². The summed E-state index contributed by atoms with van der Waals surface area (Å²) in [5.74, 6) is 0. The van der Waals surface area contributed by atoms with Gasteiger partial charge in [0.25, 0.3) is 0 Å². The molecule has 0 amide bonds. The summed E-state index contributed by atoms with van der Waals surface area (Å²) in [4.78, 5) is -0.489. The SMILES string of the molecule is O=S(=O)([O-])c1cccc(Cl)c1Cl. The molecule has 0 bridgehead atoms. The Bertz CT molecular complexity index is 399. The minimum Gasteiger partial charge on any atom is -0.744 e. The van der Waals surface area contributed by atoms with Gasteiger partial charge in [0, 0.05) is 0 Å². The second-order valence-corrected chi connectivity index (χ2v) is 4.14. The van der Waals surface area contributed by atoms with Crippen molar-refractivity contribution in [2.24, 2.45) is 0 Å². The van der Waals surface area contributed by atoms with E-state index in [1.807, 2.05) is 0 Å². The van der Waals surface area contributed by atoms with Crippen LogP contribution in [0.25, 0.3) is 0 Å². The van der Waals surface area contributed by atoms with E-state index in [2.05, 4.69) is 0 Å². The van der Waals surface area contributed by atoms with Gasteiger partial charge in [-0.05, 0) is 12.1 Å². The highest BCUT2D eigenvalue weighted by atomic mass is 35.5. The average molecular weight is 226 g/mol. The Hall–Kier alpha value is -0.290. The second kappa shape index (κ2) is 3.22. The van der Waals surface area contributed by atoms with E-state index in [-0.39, 0.29) is 10.0 Å². The molecule has 1 rings (SSSR count). The summed E-state index contributed by atoms with van der Waals surface area (Å²) in [5, 5.41) is -0.178. The zero-order valence-corrected chi connectivity index (χ0v) is 7.95. The Morgan fingerprint density at radius 1 is 1.25 bits per heavy atom. The molecule has 0 N–H and O–H groups in total. The van der Waals surface area contributed by atoms with Crippen molar-refractivity contribution in [2.75, 3.05) is 0 Å². The minimum atomic E-state index is -4.52. The van der Waals surface area contributed by atoms with Crippen LogP contribution in [0.5, 0.6) is 0 Å². The lowest BCUT2D eigenvalue weighted by Gasteiger charge is -2.08. The molecule has 1 aromatic carbocycles. The molecule has 0 aliphatic rings. The normalized spacial score (nSPS) is 11.6. The molecule has 0 aromatic heterocycles. The fraction of sp³-hybridized carbons (Fsp3) is 0. The van der Waals surface area contributed by atoms with Crippen molar-refractivity contribution in [1.29, 1.82) is 0 Å². The number of hydrogen-bond acceptors (Lipinski definition) is 3. The molecule has 0 fully saturated rings. The maximum Gasteiger partial charge on any atom is 0.125 e. The van der Waals surface area contributed by atoms with Crippen LogP contribution in [0.1, 0.15) is 0 Å². The van der Waals surface area contributed by atoms with Crippen molar-refractivity contribution in [3.05, 3.63) is 28.2 Å². The predicted octanol–water partition coefficient (Wildman–Crippen LogP) is 1.90. The van der Waals surface area contributed by atoms with Crippen LogP contribution in [0.3, 0.4) is 0 Å². The molecule has 3 nitrogen and oxygen atoms in total. The highest BCUT2D eigenvalue weighted by molar-refractivity contribution is 7.85. The van der Waals surface area contributed by atoms with Crippen molar-refractivity contribution in [3.8, 4) is 0 Å². The molecule has 0 heterocycles. The van der Waals surface area contributed by atoms with Crippen LogP contribution in [-0.2, 0) is 10.1 Å². The zero-order valence-electron chi connectivity index (χ0n) is 5.62. The van der Waals surface area contributed by atoms with Crippen molar-refractivity contribution >= 4 is 33.3 Å². The van der Waals surface area contributed by atoms with Gasteiger partial charge in [-0.15, -0.1) is 0 Å². The van der Waals surface area contributed by atoms with Gasteiger partial charge in [-0.25, -0.2) is 8.42 Å². The summed E-state index contributed by atoms with van der Waals surface area (Å²) in [7, 11) is -4.52. The third kappa shape index (κ3) is 1.90. The third-order valence-electron chi connectivity index (χ3n) is 1.19. The summed E-state index contributed by atoms with van der Waals surface area (Å²) in [6.07, 6.45) is 0.